The molecule has 5 nitrogen and oxygen atoms in total. The lowest BCUT2D eigenvalue weighted by Crippen LogP contribution is -2.36. The van der Waals surface area contributed by atoms with E-state index in [0.717, 1.165) is 6.42 Å². The van der Waals surface area contributed by atoms with Crippen LogP contribution in [0.3, 0.4) is 0 Å². The lowest BCUT2D eigenvalue weighted by Gasteiger charge is -2.35. The van der Waals surface area contributed by atoms with Crippen molar-refractivity contribution in [2.45, 2.75) is 18.9 Å². The van der Waals surface area contributed by atoms with E-state index in [-0.39, 0.29) is 6.61 Å². The molecule has 1 heterocycles. The van der Waals surface area contributed by atoms with Gasteiger partial charge in [-0.1, -0.05) is 0 Å². The lowest BCUT2D eigenvalue weighted by atomic mass is 9.76. The molecule has 0 bridgehead atoms. The van der Waals surface area contributed by atoms with E-state index in [4.69, 9.17) is 14.2 Å². The Balaban J connectivity index is 2.40. The number of hydrogen-bond acceptors (Lipinski definition) is 5. The predicted octanol–water partition coefficient (Wildman–Crippen LogP) is 2.06. The van der Waals surface area contributed by atoms with Crippen LogP contribution in [0.4, 0.5) is 0 Å². The number of benzene rings is 1. The smallest absolute Gasteiger partial charge is 0.124 e. The highest BCUT2D eigenvalue weighted by atomic mass is 16.5. The minimum atomic E-state index is -0.974. The Labute approximate surface area is 118 Å². The Morgan fingerprint density at radius 1 is 1.40 bits per heavy atom. The maximum atomic E-state index is 10.7. The average Bonchev–Trinajstić information content (AvgIpc) is 2.54. The normalized spacial score (nSPS) is 23.7. The summed E-state index contributed by atoms with van der Waals surface area (Å²) in [5, 5.41) is 20.2. The summed E-state index contributed by atoms with van der Waals surface area (Å²) in [6.07, 6.45) is 0.389. The zero-order valence-electron chi connectivity index (χ0n) is 11.8. The van der Waals surface area contributed by atoms with Gasteiger partial charge in [0.2, 0.25) is 0 Å². The maximum absolute atomic E-state index is 10.7. The van der Waals surface area contributed by atoms with E-state index < -0.39 is 11.5 Å². The van der Waals surface area contributed by atoms with Gasteiger partial charge in [-0.3, -0.25) is 0 Å². The molecule has 1 aromatic rings. The van der Waals surface area contributed by atoms with Crippen LogP contribution in [0.2, 0.25) is 0 Å². The minimum absolute atomic E-state index is 0.227. The zero-order chi connectivity index (χ0) is 14.6. The third kappa shape index (κ3) is 2.58. The van der Waals surface area contributed by atoms with Crippen LogP contribution in [0.5, 0.6) is 11.5 Å². The van der Waals surface area contributed by atoms with E-state index >= 15 is 0 Å². The van der Waals surface area contributed by atoms with Crippen molar-refractivity contribution < 1.29 is 19.3 Å². The first-order chi connectivity index (χ1) is 9.66. The van der Waals surface area contributed by atoms with Gasteiger partial charge in [-0.2, -0.15) is 5.26 Å². The van der Waals surface area contributed by atoms with Crippen LogP contribution in [0.15, 0.2) is 18.2 Å². The first-order valence-corrected chi connectivity index (χ1v) is 6.56. The van der Waals surface area contributed by atoms with E-state index in [9.17, 15) is 10.4 Å². The molecule has 1 aliphatic heterocycles. The molecule has 5 heteroatoms. The van der Waals surface area contributed by atoms with Crippen LogP contribution in [0.1, 0.15) is 24.5 Å². The second kappa shape index (κ2) is 6.12. The number of hydrogen-bond donors (Lipinski definition) is 1. The topological polar surface area (TPSA) is 71.7 Å². The SMILES string of the molecule is COc1ccc(OC)c(C(O)C2(C#N)CCCOC2)c1. The summed E-state index contributed by atoms with van der Waals surface area (Å²) < 4.78 is 15.9. The summed E-state index contributed by atoms with van der Waals surface area (Å²) >= 11 is 0. The molecular formula is C15H19NO4. The van der Waals surface area contributed by atoms with E-state index in [1.807, 2.05) is 0 Å². The predicted molar refractivity (Wildman–Crippen MR) is 72.6 cm³/mol. The Hall–Kier alpha value is -1.77. The fourth-order valence-corrected chi connectivity index (χ4v) is 2.53. The molecule has 0 spiro atoms. The highest BCUT2D eigenvalue weighted by Gasteiger charge is 2.42. The van der Waals surface area contributed by atoms with Crippen molar-refractivity contribution in [3.8, 4) is 17.6 Å². The molecule has 1 aromatic carbocycles. The molecule has 0 radical (unpaired) electrons. The molecule has 0 aromatic heterocycles. The first-order valence-electron chi connectivity index (χ1n) is 6.56. The fraction of sp³-hybridized carbons (Fsp3) is 0.533. The first kappa shape index (κ1) is 14.6. The second-order valence-corrected chi connectivity index (χ2v) is 4.93. The lowest BCUT2D eigenvalue weighted by molar-refractivity contribution is -0.0512. The van der Waals surface area contributed by atoms with Crippen LogP contribution in [-0.4, -0.2) is 32.5 Å². The van der Waals surface area contributed by atoms with Crippen molar-refractivity contribution >= 4 is 0 Å². The van der Waals surface area contributed by atoms with Crippen LogP contribution in [0.25, 0.3) is 0 Å². The summed E-state index contributed by atoms with van der Waals surface area (Å²) in [5.41, 5.74) is -0.378. The molecule has 2 rings (SSSR count). The van der Waals surface area contributed by atoms with Gasteiger partial charge in [0, 0.05) is 12.2 Å². The third-order valence-electron chi connectivity index (χ3n) is 3.75. The quantitative estimate of drug-likeness (QED) is 0.912. The monoisotopic (exact) mass is 277 g/mol. The van der Waals surface area contributed by atoms with Gasteiger partial charge in [0.15, 0.2) is 0 Å². The van der Waals surface area contributed by atoms with Crippen molar-refractivity contribution in [3.63, 3.8) is 0 Å². The van der Waals surface area contributed by atoms with Crippen LogP contribution >= 0.6 is 0 Å². The van der Waals surface area contributed by atoms with E-state index in [1.165, 1.54) is 7.11 Å². The highest BCUT2D eigenvalue weighted by molar-refractivity contribution is 5.43. The molecule has 2 unspecified atom stereocenters. The molecule has 1 N–H and O–H groups in total. The number of nitriles is 1. The number of ether oxygens (including phenoxy) is 3. The Bertz CT molecular complexity index is 503. The summed E-state index contributed by atoms with van der Waals surface area (Å²) in [5.74, 6) is 1.16. The number of methoxy groups -OCH3 is 2. The highest BCUT2D eigenvalue weighted by Crippen LogP contribution is 2.44. The molecule has 1 saturated heterocycles. The van der Waals surface area contributed by atoms with E-state index in [0.29, 0.717) is 30.1 Å². The molecule has 20 heavy (non-hydrogen) atoms. The van der Waals surface area contributed by atoms with E-state index in [1.54, 1.807) is 25.3 Å². The summed E-state index contributed by atoms with van der Waals surface area (Å²) in [4.78, 5) is 0. The fourth-order valence-electron chi connectivity index (χ4n) is 2.53. The summed E-state index contributed by atoms with van der Waals surface area (Å²) in [6.45, 7) is 0.858. The summed E-state index contributed by atoms with van der Waals surface area (Å²) in [6, 6.07) is 7.42. The molecule has 0 saturated carbocycles. The molecular weight excluding hydrogens is 258 g/mol. The van der Waals surface area contributed by atoms with Gasteiger partial charge >= 0.3 is 0 Å². The Morgan fingerprint density at radius 3 is 2.75 bits per heavy atom. The standard InChI is InChI=1S/C15H19NO4/c1-18-11-4-5-13(19-2)12(8-11)14(17)15(9-16)6-3-7-20-10-15/h4-5,8,14,17H,3,6-7,10H2,1-2H3. The molecule has 108 valence electrons. The average molecular weight is 277 g/mol. The van der Waals surface area contributed by atoms with Crippen molar-refractivity contribution in [1.82, 2.24) is 0 Å². The van der Waals surface area contributed by atoms with Crippen molar-refractivity contribution in [3.05, 3.63) is 23.8 Å². The Kier molecular flexibility index (Phi) is 4.48. The maximum Gasteiger partial charge on any atom is 0.124 e. The van der Waals surface area contributed by atoms with Crippen molar-refractivity contribution in [2.75, 3.05) is 27.4 Å². The van der Waals surface area contributed by atoms with Gasteiger partial charge < -0.3 is 19.3 Å². The molecule has 0 amide bonds. The van der Waals surface area contributed by atoms with Crippen molar-refractivity contribution in [2.24, 2.45) is 5.41 Å². The zero-order valence-corrected chi connectivity index (χ0v) is 11.8. The number of rotatable bonds is 4. The third-order valence-corrected chi connectivity index (χ3v) is 3.75. The number of nitrogens with zero attached hydrogens (tertiary/aromatic N) is 1. The molecule has 1 fully saturated rings. The number of aliphatic hydroxyl groups is 1. The van der Waals surface area contributed by atoms with Gasteiger partial charge in [-0.05, 0) is 31.0 Å². The van der Waals surface area contributed by atoms with Gasteiger partial charge in [0.05, 0.1) is 26.9 Å². The molecule has 0 aliphatic carbocycles. The van der Waals surface area contributed by atoms with E-state index in [2.05, 4.69) is 6.07 Å². The molecule has 1 aliphatic rings. The van der Waals surface area contributed by atoms with Gasteiger partial charge in [-0.25, -0.2) is 0 Å². The second-order valence-electron chi connectivity index (χ2n) is 4.93. The van der Waals surface area contributed by atoms with Crippen molar-refractivity contribution in [1.29, 1.82) is 5.26 Å². The minimum Gasteiger partial charge on any atom is -0.497 e. The van der Waals surface area contributed by atoms with Crippen LogP contribution < -0.4 is 9.47 Å². The number of aliphatic hydroxyl groups excluding tert-OH is 1. The Morgan fingerprint density at radius 2 is 2.20 bits per heavy atom. The van der Waals surface area contributed by atoms with Gasteiger partial charge in [0.1, 0.15) is 23.0 Å². The molecule has 2 atom stereocenters. The van der Waals surface area contributed by atoms with Crippen LogP contribution in [0, 0.1) is 16.7 Å². The largest absolute Gasteiger partial charge is 0.497 e. The van der Waals surface area contributed by atoms with Crippen LogP contribution in [-0.2, 0) is 4.74 Å². The van der Waals surface area contributed by atoms with Gasteiger partial charge in [0.25, 0.3) is 0 Å². The van der Waals surface area contributed by atoms with Gasteiger partial charge in [-0.15, -0.1) is 0 Å². The summed E-state index contributed by atoms with van der Waals surface area (Å²) in [7, 11) is 3.09.